The minimum absolute atomic E-state index is 0.506. The zero-order chi connectivity index (χ0) is 54.8. The van der Waals surface area contributed by atoms with Crippen LogP contribution in [0.2, 0.25) is 0 Å². The fourth-order valence-electron chi connectivity index (χ4n) is 12.2. The van der Waals surface area contributed by atoms with Gasteiger partial charge in [-0.25, -0.2) is 29.9 Å². The molecule has 0 unspecified atom stereocenters. The molecule has 0 fully saturated rings. The minimum Gasteiger partial charge on any atom is -0.309 e. The van der Waals surface area contributed by atoms with E-state index in [0.29, 0.717) is 34.9 Å². The predicted molar refractivity (Wildman–Crippen MR) is 341 cm³/mol. The average molecular weight is 1060 g/mol. The quantitative estimate of drug-likeness (QED) is 0.134. The lowest BCUT2D eigenvalue weighted by Crippen LogP contribution is -2.04. The van der Waals surface area contributed by atoms with Crippen molar-refractivity contribution in [2.24, 2.45) is 0 Å². The second kappa shape index (κ2) is 19.8. The Balaban J connectivity index is 0.927. The summed E-state index contributed by atoms with van der Waals surface area (Å²) in [5.41, 5.74) is 12.5. The van der Waals surface area contributed by atoms with Crippen molar-refractivity contribution in [3.8, 4) is 96.3 Å². The van der Waals surface area contributed by atoms with Crippen LogP contribution >= 0.6 is 0 Å². The highest BCUT2D eigenvalue weighted by Crippen LogP contribution is 2.42. The Labute approximate surface area is 478 Å². The van der Waals surface area contributed by atoms with Crippen molar-refractivity contribution in [3.05, 3.63) is 285 Å². The Hall–Kier alpha value is -11.3. The van der Waals surface area contributed by atoms with Gasteiger partial charge in [-0.05, 0) is 120 Å². The van der Waals surface area contributed by atoms with Gasteiger partial charge in [-0.1, -0.05) is 231 Å². The van der Waals surface area contributed by atoms with E-state index in [-0.39, 0.29) is 0 Å². The number of rotatable bonds is 9. The number of para-hydroxylation sites is 2. The van der Waals surface area contributed by atoms with Crippen molar-refractivity contribution in [2.75, 3.05) is 0 Å². The number of aromatic nitrogens is 7. The molecule has 0 aliphatic carbocycles. The van der Waals surface area contributed by atoms with E-state index in [0.717, 1.165) is 72.0 Å². The predicted octanol–water partition coefficient (Wildman–Crippen LogP) is 19.1. The molecule has 0 aliphatic heterocycles. The third kappa shape index (κ3) is 8.46. The van der Waals surface area contributed by atoms with Gasteiger partial charge in [-0.15, -0.1) is 0 Å². The molecule has 7 nitrogen and oxygen atoms in total. The van der Waals surface area contributed by atoms with Gasteiger partial charge in [0, 0.05) is 49.8 Å². The number of hydrogen-bond acceptors (Lipinski definition) is 6. The highest BCUT2D eigenvalue weighted by molar-refractivity contribution is 6.14. The molecule has 3 aromatic heterocycles. The summed E-state index contributed by atoms with van der Waals surface area (Å²) < 4.78 is 2.33. The van der Waals surface area contributed by atoms with E-state index in [1.165, 1.54) is 54.2 Å². The van der Waals surface area contributed by atoms with Crippen molar-refractivity contribution < 1.29 is 0 Å². The summed E-state index contributed by atoms with van der Waals surface area (Å²) in [6.45, 7) is 0. The van der Waals surface area contributed by atoms with Gasteiger partial charge < -0.3 is 4.57 Å². The Morgan fingerprint density at radius 3 is 0.855 bits per heavy atom. The third-order valence-corrected chi connectivity index (χ3v) is 16.0. The Morgan fingerprint density at radius 1 is 0.193 bits per heavy atom. The molecule has 0 radical (unpaired) electrons. The first-order valence-electron chi connectivity index (χ1n) is 27.9. The molecule has 0 spiro atoms. The van der Waals surface area contributed by atoms with Gasteiger partial charge in [0.2, 0.25) is 0 Å². The van der Waals surface area contributed by atoms with E-state index in [4.69, 9.17) is 29.9 Å². The van der Waals surface area contributed by atoms with Crippen LogP contribution in [0.3, 0.4) is 0 Å². The molecule has 386 valence electrons. The van der Waals surface area contributed by atoms with Gasteiger partial charge in [0.25, 0.3) is 0 Å². The largest absolute Gasteiger partial charge is 0.309 e. The summed E-state index contributed by atoms with van der Waals surface area (Å²) >= 11 is 0. The van der Waals surface area contributed by atoms with Gasteiger partial charge in [0.1, 0.15) is 0 Å². The van der Waals surface area contributed by atoms with Gasteiger partial charge >= 0.3 is 0 Å². The van der Waals surface area contributed by atoms with E-state index < -0.39 is 0 Å². The maximum absolute atomic E-state index is 5.47. The number of hydrogen-bond donors (Lipinski definition) is 0. The smallest absolute Gasteiger partial charge is 0.164 e. The van der Waals surface area contributed by atoms with Crippen molar-refractivity contribution in [1.82, 2.24) is 34.5 Å². The maximum atomic E-state index is 5.47. The molecule has 13 aromatic carbocycles. The van der Waals surface area contributed by atoms with Crippen LogP contribution in [-0.2, 0) is 0 Å². The lowest BCUT2D eigenvalue weighted by molar-refractivity contribution is 1.06. The molecule has 0 N–H and O–H groups in total. The first kappa shape index (κ1) is 47.7. The van der Waals surface area contributed by atoms with Gasteiger partial charge in [-0.2, -0.15) is 0 Å². The first-order chi connectivity index (χ1) is 41.1. The molecule has 0 saturated carbocycles. The van der Waals surface area contributed by atoms with Crippen LogP contribution in [0.4, 0.5) is 0 Å². The van der Waals surface area contributed by atoms with E-state index in [1.807, 2.05) is 36.4 Å². The lowest BCUT2D eigenvalue weighted by Gasteiger charge is -2.15. The van der Waals surface area contributed by atoms with Crippen molar-refractivity contribution >= 4 is 64.9 Å². The van der Waals surface area contributed by atoms with Gasteiger partial charge in [0.05, 0.1) is 11.0 Å². The molecular formula is C76H47N7. The second-order valence-electron chi connectivity index (χ2n) is 21.0. The number of fused-ring (bicyclic) bond motifs is 7. The monoisotopic (exact) mass is 1060 g/mol. The molecule has 83 heavy (non-hydrogen) atoms. The SMILES string of the molecule is c1ccc(-c2nc(-c3cccc(-c4c5ccccc5cc5ccccc45)c3)nc(-c3cc(-c4nc(-c5ccccc5)nc(-c5cccc(-c6c7ccccc7cc7ccccc67)c5)n4)cc(-n4c5ccccc5c5ccccc54)c3)n2)cc1. The van der Waals surface area contributed by atoms with Crippen molar-refractivity contribution in [1.29, 1.82) is 0 Å². The van der Waals surface area contributed by atoms with E-state index in [1.54, 1.807) is 0 Å². The standard InChI is InChI=1S/C76H47N7/c1-3-21-48(22-4-1)71-77-73(56-31-19-29-54(43-56)69-61-33-11-7-25-50(61)41-51-26-8-12-34-62(51)69)81-75(79-71)58-45-59(47-60(46-58)83-67-39-17-15-37-65(67)66-38-16-18-40-68(66)83)76-80-72(49-23-5-2-6-24-49)78-74(82-76)57-32-20-30-55(44-57)70-63-35-13-9-27-52(63)42-53-28-10-14-36-64(53)70/h1-47H. The molecule has 0 saturated heterocycles. The maximum Gasteiger partial charge on any atom is 0.164 e. The van der Waals surface area contributed by atoms with Crippen molar-refractivity contribution in [2.45, 2.75) is 0 Å². The van der Waals surface area contributed by atoms with Crippen LogP contribution in [0, 0.1) is 0 Å². The molecule has 0 atom stereocenters. The Bertz CT molecular complexity index is 4800. The van der Waals surface area contributed by atoms with Gasteiger partial charge in [0.15, 0.2) is 34.9 Å². The zero-order valence-corrected chi connectivity index (χ0v) is 44.8. The molecule has 0 bridgehead atoms. The summed E-state index contributed by atoms with van der Waals surface area (Å²) in [5, 5.41) is 11.8. The van der Waals surface area contributed by atoms with Crippen LogP contribution in [0.15, 0.2) is 285 Å². The average Bonchev–Trinajstić information content (AvgIpc) is 3.94. The zero-order valence-electron chi connectivity index (χ0n) is 44.8. The Kier molecular flexibility index (Phi) is 11.4. The van der Waals surface area contributed by atoms with E-state index in [2.05, 4.69) is 253 Å². The summed E-state index contributed by atoms with van der Waals surface area (Å²) in [5.74, 6) is 3.23. The summed E-state index contributed by atoms with van der Waals surface area (Å²) in [7, 11) is 0. The highest BCUT2D eigenvalue weighted by Gasteiger charge is 2.22. The highest BCUT2D eigenvalue weighted by atomic mass is 15.1. The molecule has 16 rings (SSSR count). The lowest BCUT2D eigenvalue weighted by atomic mass is 9.91. The summed E-state index contributed by atoms with van der Waals surface area (Å²) in [6, 6.07) is 100. The molecule has 3 heterocycles. The second-order valence-corrected chi connectivity index (χ2v) is 21.0. The third-order valence-electron chi connectivity index (χ3n) is 16.0. The van der Waals surface area contributed by atoms with Crippen LogP contribution in [-0.4, -0.2) is 34.5 Å². The number of benzene rings is 13. The molecule has 16 aromatic rings. The van der Waals surface area contributed by atoms with Crippen LogP contribution in [0.1, 0.15) is 0 Å². The van der Waals surface area contributed by atoms with Crippen LogP contribution in [0.5, 0.6) is 0 Å². The fraction of sp³-hybridized carbons (Fsp3) is 0. The first-order valence-corrected chi connectivity index (χ1v) is 27.9. The Morgan fingerprint density at radius 2 is 0.470 bits per heavy atom. The minimum atomic E-state index is 0.506. The number of nitrogens with zero attached hydrogens (tertiary/aromatic N) is 7. The molecule has 7 heteroatoms. The molecule has 0 aliphatic rings. The fourth-order valence-corrected chi connectivity index (χ4v) is 12.2. The topological polar surface area (TPSA) is 82.3 Å². The summed E-state index contributed by atoms with van der Waals surface area (Å²) in [6.07, 6.45) is 0. The van der Waals surface area contributed by atoms with Crippen LogP contribution in [0.25, 0.3) is 161 Å². The van der Waals surface area contributed by atoms with Crippen LogP contribution < -0.4 is 0 Å². The summed E-state index contributed by atoms with van der Waals surface area (Å²) in [4.78, 5) is 32.2. The van der Waals surface area contributed by atoms with E-state index in [9.17, 15) is 0 Å². The van der Waals surface area contributed by atoms with Gasteiger partial charge in [-0.3, -0.25) is 0 Å². The molecular weight excluding hydrogens is 1010 g/mol. The molecule has 0 amide bonds. The van der Waals surface area contributed by atoms with E-state index >= 15 is 0 Å². The van der Waals surface area contributed by atoms with Crippen molar-refractivity contribution in [3.63, 3.8) is 0 Å². The normalized spacial score (nSPS) is 11.6.